The molecule has 1 saturated carbocycles. The van der Waals surface area contributed by atoms with Crippen molar-refractivity contribution in [2.24, 2.45) is 16.3 Å². The molecule has 0 bridgehead atoms. The fraction of sp³-hybridized carbons (Fsp3) is 0.812. The molecule has 2 atom stereocenters. The average molecular weight is 321 g/mol. The molecule has 3 amide bonds. The summed E-state index contributed by atoms with van der Waals surface area (Å²) in [5, 5.41) is 8.69. The summed E-state index contributed by atoms with van der Waals surface area (Å²) in [6, 6.07) is 0.115. The molecule has 3 aliphatic rings. The molecular weight excluding hydrogens is 294 g/mol. The van der Waals surface area contributed by atoms with Crippen LogP contribution in [0.15, 0.2) is 4.99 Å². The van der Waals surface area contributed by atoms with Crippen LogP contribution >= 0.6 is 0 Å². The number of amides is 3. The molecule has 128 valence electrons. The Kier molecular flexibility index (Phi) is 3.77. The molecule has 2 heterocycles. The maximum Gasteiger partial charge on any atom is 0.322 e. The first kappa shape index (κ1) is 16.1. The lowest BCUT2D eigenvalue weighted by atomic mass is 9.79. The number of urea groups is 1. The van der Waals surface area contributed by atoms with Crippen LogP contribution in [-0.4, -0.2) is 54.5 Å². The molecule has 3 fully saturated rings. The van der Waals surface area contributed by atoms with Gasteiger partial charge in [0.25, 0.3) is 5.91 Å². The summed E-state index contributed by atoms with van der Waals surface area (Å²) < 4.78 is 0. The van der Waals surface area contributed by atoms with Crippen molar-refractivity contribution in [3.8, 4) is 0 Å². The van der Waals surface area contributed by atoms with E-state index in [1.165, 1.54) is 6.42 Å². The first-order valence-electron chi connectivity index (χ1n) is 8.38. The number of likely N-dealkylation sites (tertiary alicyclic amines) is 1. The summed E-state index contributed by atoms with van der Waals surface area (Å²) in [5.74, 6) is 0.896. The number of carbonyl (C=O) groups is 2. The lowest BCUT2D eigenvalue weighted by molar-refractivity contribution is -0.125. The Morgan fingerprint density at radius 1 is 1.26 bits per heavy atom. The smallest absolute Gasteiger partial charge is 0.322 e. The maximum absolute atomic E-state index is 12.1. The minimum Gasteiger partial charge on any atom is -0.353 e. The lowest BCUT2D eigenvalue weighted by Gasteiger charge is -2.39. The number of piperidine rings is 1. The minimum atomic E-state index is -0.779. The molecule has 7 nitrogen and oxygen atoms in total. The van der Waals surface area contributed by atoms with E-state index in [2.05, 4.69) is 39.7 Å². The van der Waals surface area contributed by atoms with Gasteiger partial charge in [0, 0.05) is 26.2 Å². The van der Waals surface area contributed by atoms with Crippen LogP contribution in [0.25, 0.3) is 0 Å². The zero-order chi connectivity index (χ0) is 16.8. The number of nitrogens with one attached hydrogen (secondary N) is 3. The maximum atomic E-state index is 12.1. The van der Waals surface area contributed by atoms with E-state index >= 15 is 0 Å². The predicted molar refractivity (Wildman–Crippen MR) is 88.1 cm³/mol. The van der Waals surface area contributed by atoms with E-state index < -0.39 is 5.54 Å². The number of imide groups is 1. The summed E-state index contributed by atoms with van der Waals surface area (Å²) in [6.45, 7) is 8.03. The van der Waals surface area contributed by atoms with E-state index in [-0.39, 0.29) is 17.9 Å². The first-order chi connectivity index (χ1) is 10.8. The minimum absolute atomic E-state index is 0.153. The van der Waals surface area contributed by atoms with Crippen LogP contribution in [0.4, 0.5) is 4.79 Å². The number of rotatable bonds is 2. The van der Waals surface area contributed by atoms with Gasteiger partial charge in [0.15, 0.2) is 5.96 Å². The molecule has 2 unspecified atom stereocenters. The van der Waals surface area contributed by atoms with Crippen molar-refractivity contribution in [2.75, 3.05) is 20.1 Å². The zero-order valence-corrected chi connectivity index (χ0v) is 14.4. The van der Waals surface area contributed by atoms with Gasteiger partial charge < -0.3 is 15.5 Å². The van der Waals surface area contributed by atoms with Gasteiger partial charge in [0.05, 0.1) is 0 Å². The van der Waals surface area contributed by atoms with Gasteiger partial charge in [-0.25, -0.2) is 4.79 Å². The SMILES string of the molecule is CN=C(NC1CC1(C)C)N1CCC(C2(C)NC(=O)NC2=O)CC1. The monoisotopic (exact) mass is 321 g/mol. The summed E-state index contributed by atoms with van der Waals surface area (Å²) in [4.78, 5) is 30.2. The van der Waals surface area contributed by atoms with Crippen LogP contribution in [0.1, 0.15) is 40.0 Å². The Balaban J connectivity index is 1.58. The second-order valence-corrected chi connectivity index (χ2v) is 7.81. The highest BCUT2D eigenvalue weighted by atomic mass is 16.2. The Morgan fingerprint density at radius 2 is 1.87 bits per heavy atom. The molecule has 23 heavy (non-hydrogen) atoms. The van der Waals surface area contributed by atoms with E-state index in [4.69, 9.17) is 0 Å². The molecule has 3 rings (SSSR count). The van der Waals surface area contributed by atoms with Crippen LogP contribution < -0.4 is 16.0 Å². The van der Waals surface area contributed by atoms with Crippen LogP contribution in [0, 0.1) is 11.3 Å². The van der Waals surface area contributed by atoms with E-state index in [1.807, 2.05) is 14.0 Å². The van der Waals surface area contributed by atoms with E-state index in [0.717, 1.165) is 31.9 Å². The van der Waals surface area contributed by atoms with Crippen molar-refractivity contribution in [3.63, 3.8) is 0 Å². The number of carbonyl (C=O) groups excluding carboxylic acids is 2. The topological polar surface area (TPSA) is 85.8 Å². The molecule has 0 aromatic rings. The van der Waals surface area contributed by atoms with Crippen molar-refractivity contribution in [3.05, 3.63) is 0 Å². The van der Waals surface area contributed by atoms with Crippen LogP contribution in [0.5, 0.6) is 0 Å². The summed E-state index contributed by atoms with van der Waals surface area (Å²) >= 11 is 0. The van der Waals surface area contributed by atoms with Gasteiger partial charge in [-0.1, -0.05) is 13.8 Å². The second-order valence-electron chi connectivity index (χ2n) is 7.81. The van der Waals surface area contributed by atoms with Crippen LogP contribution in [0.3, 0.4) is 0 Å². The van der Waals surface area contributed by atoms with Gasteiger partial charge in [-0.2, -0.15) is 0 Å². The highest BCUT2D eigenvalue weighted by Gasteiger charge is 2.49. The number of nitrogens with zero attached hydrogens (tertiary/aromatic N) is 2. The molecule has 0 spiro atoms. The molecular formula is C16H27N5O2. The number of aliphatic imine (C=N–C) groups is 1. The van der Waals surface area contributed by atoms with Crippen molar-refractivity contribution in [1.82, 2.24) is 20.9 Å². The Labute approximate surface area is 137 Å². The molecule has 0 radical (unpaired) electrons. The Hall–Kier alpha value is -1.79. The predicted octanol–water partition coefficient (Wildman–Crippen LogP) is 0.670. The molecule has 0 aromatic carbocycles. The van der Waals surface area contributed by atoms with E-state index in [0.29, 0.717) is 11.5 Å². The Bertz CT molecular complexity index is 551. The van der Waals surface area contributed by atoms with Gasteiger partial charge in [-0.05, 0) is 37.5 Å². The fourth-order valence-corrected chi connectivity index (χ4v) is 3.68. The third kappa shape index (κ3) is 2.88. The second kappa shape index (κ2) is 5.39. The number of guanidine groups is 1. The van der Waals surface area contributed by atoms with Crippen molar-refractivity contribution < 1.29 is 9.59 Å². The standard InChI is InChI=1S/C16H27N5O2/c1-15(2)9-11(15)18-13(17-4)21-7-5-10(6-8-21)16(3)12(22)19-14(23)20-16/h10-11H,5-9H2,1-4H3,(H,17,18)(H2,19,20,22,23). The molecule has 2 aliphatic heterocycles. The highest BCUT2D eigenvalue weighted by molar-refractivity contribution is 6.07. The largest absolute Gasteiger partial charge is 0.353 e. The van der Waals surface area contributed by atoms with Gasteiger partial charge in [0.2, 0.25) is 0 Å². The number of hydrogen-bond donors (Lipinski definition) is 3. The van der Waals surface area contributed by atoms with Crippen LogP contribution in [0.2, 0.25) is 0 Å². The van der Waals surface area contributed by atoms with Gasteiger partial charge in [0.1, 0.15) is 5.54 Å². The lowest BCUT2D eigenvalue weighted by Crippen LogP contribution is -2.55. The normalized spacial score (nSPS) is 34.2. The molecule has 2 saturated heterocycles. The van der Waals surface area contributed by atoms with Crippen molar-refractivity contribution in [2.45, 2.75) is 51.6 Å². The van der Waals surface area contributed by atoms with Crippen molar-refractivity contribution >= 4 is 17.9 Å². The number of hydrogen-bond acceptors (Lipinski definition) is 3. The molecule has 1 aliphatic carbocycles. The summed E-state index contributed by atoms with van der Waals surface area (Å²) in [7, 11) is 1.82. The fourth-order valence-electron chi connectivity index (χ4n) is 3.68. The Morgan fingerprint density at radius 3 is 2.30 bits per heavy atom. The third-order valence-corrected chi connectivity index (χ3v) is 5.71. The van der Waals surface area contributed by atoms with E-state index in [9.17, 15) is 9.59 Å². The van der Waals surface area contributed by atoms with E-state index in [1.54, 1.807) is 0 Å². The molecule has 3 N–H and O–H groups in total. The van der Waals surface area contributed by atoms with Gasteiger partial charge in [-0.3, -0.25) is 15.1 Å². The third-order valence-electron chi connectivity index (χ3n) is 5.71. The van der Waals surface area contributed by atoms with Gasteiger partial charge in [-0.15, -0.1) is 0 Å². The van der Waals surface area contributed by atoms with Crippen molar-refractivity contribution in [1.29, 1.82) is 0 Å². The average Bonchev–Trinajstić information content (AvgIpc) is 3.00. The summed E-state index contributed by atoms with van der Waals surface area (Å²) in [5.41, 5.74) is -0.424. The van der Waals surface area contributed by atoms with Crippen LogP contribution in [-0.2, 0) is 4.79 Å². The molecule has 7 heteroatoms. The summed E-state index contributed by atoms with van der Waals surface area (Å²) in [6.07, 6.45) is 2.89. The molecule has 0 aromatic heterocycles. The quantitative estimate of drug-likeness (QED) is 0.396. The van der Waals surface area contributed by atoms with Gasteiger partial charge >= 0.3 is 6.03 Å². The first-order valence-corrected chi connectivity index (χ1v) is 8.38. The highest BCUT2D eigenvalue weighted by Crippen LogP contribution is 2.44. The zero-order valence-electron chi connectivity index (χ0n) is 14.4.